The molecule has 2 aromatic carbocycles. The van der Waals surface area contributed by atoms with Gasteiger partial charge in [0.05, 0.1) is 5.56 Å². The smallest absolute Gasteiger partial charge is 0.368 e. The number of aromatic nitrogens is 1. The fraction of sp³-hybridized carbons (Fsp3) is 0.276. The van der Waals surface area contributed by atoms with Gasteiger partial charge in [-0.05, 0) is 67.1 Å². The van der Waals surface area contributed by atoms with Crippen LogP contribution in [0.2, 0.25) is 0 Å². The van der Waals surface area contributed by atoms with Crippen LogP contribution in [0.5, 0.6) is 0 Å². The third kappa shape index (κ3) is 7.23. The number of alkyl halides is 3. The number of hydrogen-bond donors (Lipinski definition) is 2. The number of piperazine rings is 1. The van der Waals surface area contributed by atoms with Crippen LogP contribution in [0.4, 0.5) is 30.2 Å². The Morgan fingerprint density at radius 1 is 1.03 bits per heavy atom. The lowest BCUT2D eigenvalue weighted by molar-refractivity contribution is -0.137. The number of hydrogen-bond acceptors (Lipinski definition) is 5. The number of nitrogens with one attached hydrogen (secondary N) is 2. The van der Waals surface area contributed by atoms with Crippen LogP contribution >= 0.6 is 0 Å². The van der Waals surface area contributed by atoms with E-state index in [2.05, 4.69) is 20.5 Å². The standard InChI is InChI=1S/C29H30F3N5O2/c1-3-36-13-15-37(16-14-36)26-10-9-23(18-24(26)29(30,31)32)34-28(39)22-8-6-20(2)25(17-22)35-27(38)11-7-21-5-4-12-33-19-21/h4-12,17-19H,3,13-16H2,1-2H3,(H,34,39)(H,35,38). The maximum atomic E-state index is 14.0. The first-order valence-corrected chi connectivity index (χ1v) is 12.6. The molecule has 2 heterocycles. The Morgan fingerprint density at radius 2 is 1.79 bits per heavy atom. The average molecular weight is 538 g/mol. The van der Waals surface area contributed by atoms with E-state index in [0.29, 0.717) is 31.9 Å². The Bertz CT molecular complexity index is 1350. The second-order valence-electron chi connectivity index (χ2n) is 9.24. The monoisotopic (exact) mass is 537 g/mol. The molecule has 2 amide bonds. The molecule has 7 nitrogen and oxygen atoms in total. The maximum absolute atomic E-state index is 14.0. The maximum Gasteiger partial charge on any atom is 0.418 e. The highest BCUT2D eigenvalue weighted by atomic mass is 19.4. The van der Waals surface area contributed by atoms with E-state index in [1.165, 1.54) is 24.3 Å². The molecule has 10 heteroatoms. The van der Waals surface area contributed by atoms with Crippen LogP contribution in [0.3, 0.4) is 0 Å². The molecule has 3 aromatic rings. The van der Waals surface area contributed by atoms with Crippen molar-refractivity contribution < 1.29 is 22.8 Å². The summed E-state index contributed by atoms with van der Waals surface area (Å²) in [6.45, 7) is 7.04. The van der Waals surface area contributed by atoms with Gasteiger partial charge >= 0.3 is 6.18 Å². The van der Waals surface area contributed by atoms with Crippen LogP contribution < -0.4 is 15.5 Å². The molecule has 0 saturated carbocycles. The predicted octanol–water partition coefficient (Wildman–Crippen LogP) is 5.45. The van der Waals surface area contributed by atoms with E-state index >= 15 is 0 Å². The summed E-state index contributed by atoms with van der Waals surface area (Å²) in [4.78, 5) is 33.3. The molecule has 0 spiro atoms. The van der Waals surface area contributed by atoms with Crippen LogP contribution in [-0.2, 0) is 11.0 Å². The van der Waals surface area contributed by atoms with E-state index in [1.807, 2.05) is 6.92 Å². The first-order valence-electron chi connectivity index (χ1n) is 12.6. The van der Waals surface area contributed by atoms with Gasteiger partial charge in [0.25, 0.3) is 5.91 Å². The van der Waals surface area contributed by atoms with Crippen molar-refractivity contribution in [1.82, 2.24) is 9.88 Å². The topological polar surface area (TPSA) is 77.6 Å². The van der Waals surface area contributed by atoms with Crippen molar-refractivity contribution in [3.63, 3.8) is 0 Å². The summed E-state index contributed by atoms with van der Waals surface area (Å²) in [6, 6.07) is 12.1. The summed E-state index contributed by atoms with van der Waals surface area (Å²) in [5, 5.41) is 5.30. The molecular formula is C29H30F3N5O2. The molecule has 2 N–H and O–H groups in total. The van der Waals surface area contributed by atoms with Gasteiger partial charge in [-0.2, -0.15) is 13.2 Å². The van der Waals surface area contributed by atoms with Crippen LogP contribution in [0.1, 0.15) is 34.0 Å². The number of nitrogens with zero attached hydrogens (tertiary/aromatic N) is 3. The van der Waals surface area contributed by atoms with Gasteiger partial charge < -0.3 is 20.4 Å². The number of benzene rings is 2. The van der Waals surface area contributed by atoms with Crippen molar-refractivity contribution in [2.24, 2.45) is 0 Å². The van der Waals surface area contributed by atoms with Crippen molar-refractivity contribution in [3.8, 4) is 0 Å². The fourth-order valence-electron chi connectivity index (χ4n) is 4.34. The number of carbonyl (C=O) groups is 2. The largest absolute Gasteiger partial charge is 0.418 e. The Balaban J connectivity index is 1.48. The van der Waals surface area contributed by atoms with Crippen molar-refractivity contribution in [1.29, 1.82) is 0 Å². The third-order valence-corrected chi connectivity index (χ3v) is 6.59. The van der Waals surface area contributed by atoms with E-state index in [4.69, 9.17) is 0 Å². The van der Waals surface area contributed by atoms with Gasteiger partial charge in [0.2, 0.25) is 5.91 Å². The van der Waals surface area contributed by atoms with Crippen molar-refractivity contribution >= 4 is 35.0 Å². The Hall–Kier alpha value is -4.18. The molecule has 0 radical (unpaired) electrons. The van der Waals surface area contributed by atoms with Gasteiger partial charge in [0.1, 0.15) is 0 Å². The SMILES string of the molecule is CCN1CCN(c2ccc(NC(=O)c3ccc(C)c(NC(=O)C=Cc4cccnc4)c3)cc2C(F)(F)F)CC1. The number of rotatable bonds is 7. The van der Waals surface area contributed by atoms with Crippen LogP contribution in [0.25, 0.3) is 6.08 Å². The summed E-state index contributed by atoms with van der Waals surface area (Å²) in [5.41, 5.74) is 1.44. The summed E-state index contributed by atoms with van der Waals surface area (Å²) in [7, 11) is 0. The summed E-state index contributed by atoms with van der Waals surface area (Å²) in [5.74, 6) is -0.987. The molecule has 204 valence electrons. The molecule has 0 bridgehead atoms. The number of carbonyl (C=O) groups excluding carboxylic acids is 2. The third-order valence-electron chi connectivity index (χ3n) is 6.59. The van der Waals surface area contributed by atoms with Crippen molar-refractivity contribution in [3.05, 3.63) is 89.3 Å². The zero-order valence-corrected chi connectivity index (χ0v) is 21.8. The molecule has 1 aromatic heterocycles. The summed E-state index contributed by atoms with van der Waals surface area (Å²) in [6.07, 6.45) is 1.63. The lowest BCUT2D eigenvalue weighted by Crippen LogP contribution is -2.46. The predicted molar refractivity (Wildman–Crippen MR) is 147 cm³/mol. The van der Waals surface area contributed by atoms with Crippen LogP contribution in [0.15, 0.2) is 67.0 Å². The second-order valence-corrected chi connectivity index (χ2v) is 9.24. The lowest BCUT2D eigenvalue weighted by Gasteiger charge is -2.36. The zero-order chi connectivity index (χ0) is 28.0. The summed E-state index contributed by atoms with van der Waals surface area (Å²) < 4.78 is 41.9. The average Bonchev–Trinajstić information content (AvgIpc) is 2.93. The molecule has 1 fully saturated rings. The number of halogens is 3. The van der Waals surface area contributed by atoms with Gasteiger partial charge in [0.15, 0.2) is 0 Å². The number of amides is 2. The number of pyridine rings is 1. The van der Waals surface area contributed by atoms with Crippen molar-refractivity contribution in [2.45, 2.75) is 20.0 Å². The highest BCUT2D eigenvalue weighted by Crippen LogP contribution is 2.38. The van der Waals surface area contributed by atoms with Gasteiger partial charge in [-0.3, -0.25) is 14.6 Å². The normalized spacial score (nSPS) is 14.4. The van der Waals surface area contributed by atoms with E-state index in [-0.39, 0.29) is 16.9 Å². The molecule has 1 aliphatic rings. The minimum absolute atomic E-state index is 0.0360. The molecule has 4 rings (SSSR count). The first-order chi connectivity index (χ1) is 18.6. The Morgan fingerprint density at radius 3 is 2.46 bits per heavy atom. The van der Waals surface area contributed by atoms with Gasteiger partial charge in [-0.25, -0.2) is 0 Å². The first kappa shape index (κ1) is 27.8. The fourth-order valence-corrected chi connectivity index (χ4v) is 4.34. The molecule has 0 atom stereocenters. The van der Waals surface area contributed by atoms with Gasteiger partial charge in [-0.15, -0.1) is 0 Å². The molecule has 39 heavy (non-hydrogen) atoms. The molecule has 0 unspecified atom stereocenters. The van der Waals surface area contributed by atoms with Crippen LogP contribution in [-0.4, -0.2) is 54.4 Å². The Kier molecular flexibility index (Phi) is 8.65. The molecule has 1 saturated heterocycles. The van der Waals surface area contributed by atoms with Gasteiger partial charge in [-0.1, -0.05) is 19.1 Å². The minimum Gasteiger partial charge on any atom is -0.368 e. The zero-order valence-electron chi connectivity index (χ0n) is 21.8. The van der Waals surface area contributed by atoms with E-state index in [1.54, 1.807) is 54.6 Å². The van der Waals surface area contributed by atoms with Crippen molar-refractivity contribution in [2.75, 3.05) is 48.3 Å². The number of aryl methyl sites for hydroxylation is 1. The molecule has 1 aliphatic heterocycles. The number of likely N-dealkylation sites (N-methyl/N-ethyl adjacent to an activating group) is 1. The molecular weight excluding hydrogens is 507 g/mol. The lowest BCUT2D eigenvalue weighted by atomic mass is 10.1. The number of anilines is 3. The van der Waals surface area contributed by atoms with Gasteiger partial charge in [0, 0.05) is 67.3 Å². The highest BCUT2D eigenvalue weighted by Gasteiger charge is 2.36. The van der Waals surface area contributed by atoms with E-state index in [9.17, 15) is 22.8 Å². The van der Waals surface area contributed by atoms with E-state index < -0.39 is 23.6 Å². The van der Waals surface area contributed by atoms with Crippen LogP contribution in [0, 0.1) is 6.92 Å². The Labute approximate surface area is 225 Å². The molecule has 0 aliphatic carbocycles. The second kappa shape index (κ2) is 12.1. The quantitative estimate of drug-likeness (QED) is 0.392. The van der Waals surface area contributed by atoms with E-state index in [0.717, 1.165) is 23.7 Å². The highest BCUT2D eigenvalue weighted by molar-refractivity contribution is 6.07. The minimum atomic E-state index is -4.58. The summed E-state index contributed by atoms with van der Waals surface area (Å²) >= 11 is 0.